The molecular weight excluding hydrogens is 445 g/mol. The van der Waals surface area contributed by atoms with E-state index in [2.05, 4.69) is 14.9 Å². The van der Waals surface area contributed by atoms with Crippen LogP contribution >= 0.6 is 0 Å². The number of allylic oxidation sites excluding steroid dienone is 2. The maximum atomic E-state index is 13.2. The number of halogens is 5. The van der Waals surface area contributed by atoms with Gasteiger partial charge in [0, 0.05) is 49.1 Å². The van der Waals surface area contributed by atoms with Crippen molar-refractivity contribution in [2.24, 2.45) is 16.6 Å². The van der Waals surface area contributed by atoms with Crippen molar-refractivity contribution in [3.8, 4) is 0 Å². The van der Waals surface area contributed by atoms with E-state index >= 15 is 0 Å². The number of nitrogen functional groups attached to an aromatic ring is 1. The molecule has 0 unspecified atom stereocenters. The smallest absolute Gasteiger partial charge is 0.398 e. The molecule has 1 aliphatic heterocycles. The second-order valence-electron chi connectivity index (χ2n) is 8.46. The fourth-order valence-corrected chi connectivity index (χ4v) is 4.66. The lowest BCUT2D eigenvalue weighted by molar-refractivity contribution is -0.137. The minimum atomic E-state index is -4.69. The van der Waals surface area contributed by atoms with Crippen LogP contribution in [0.3, 0.4) is 0 Å². The van der Waals surface area contributed by atoms with Crippen molar-refractivity contribution in [3.63, 3.8) is 0 Å². The molecule has 3 aliphatic rings. The van der Waals surface area contributed by atoms with Crippen molar-refractivity contribution in [1.29, 1.82) is 0 Å². The molecule has 1 aromatic rings. The van der Waals surface area contributed by atoms with E-state index < -0.39 is 30.5 Å². The lowest BCUT2D eigenvalue weighted by Gasteiger charge is -2.27. The molecule has 0 amide bonds. The average molecular weight is 471 g/mol. The Kier molecular flexibility index (Phi) is 6.71. The van der Waals surface area contributed by atoms with Gasteiger partial charge in [0.2, 0.25) is 0 Å². The molecule has 0 bridgehead atoms. The number of alkyl halides is 5. The summed E-state index contributed by atoms with van der Waals surface area (Å²) < 4.78 is 70.7. The quantitative estimate of drug-likeness (QED) is 0.490. The van der Waals surface area contributed by atoms with Gasteiger partial charge < -0.3 is 16.2 Å². The normalized spacial score (nSPS) is 24.9. The maximum absolute atomic E-state index is 13.2. The Hall–Kier alpha value is -2.53. The van der Waals surface area contributed by atoms with E-state index in [9.17, 15) is 22.0 Å². The number of nitrogens with zero attached hydrogens (tertiary/aromatic N) is 3. The third-order valence-corrected chi connectivity index (χ3v) is 6.29. The number of ether oxygens (including phenoxy) is 1. The molecule has 1 saturated heterocycles. The number of pyridine rings is 1. The van der Waals surface area contributed by atoms with Gasteiger partial charge in [-0.15, -0.1) is 0 Å². The zero-order chi connectivity index (χ0) is 23.8. The second-order valence-corrected chi connectivity index (χ2v) is 8.46. The molecule has 0 spiro atoms. The van der Waals surface area contributed by atoms with Crippen molar-refractivity contribution in [3.05, 3.63) is 40.6 Å². The van der Waals surface area contributed by atoms with E-state index in [1.807, 2.05) is 0 Å². The molecule has 2 fully saturated rings. The molecular formula is C22H26F5N5O. The average Bonchev–Trinajstić information content (AvgIpc) is 3.36. The van der Waals surface area contributed by atoms with Gasteiger partial charge in [-0.3, -0.25) is 9.89 Å². The molecule has 2 atom stereocenters. The number of aromatic nitrogens is 1. The molecule has 180 valence electrons. The van der Waals surface area contributed by atoms with Gasteiger partial charge in [0.15, 0.2) is 0 Å². The summed E-state index contributed by atoms with van der Waals surface area (Å²) in [6.07, 6.45) is -2.17. The second kappa shape index (κ2) is 9.38. The molecule has 4 N–H and O–H groups in total. The first-order valence-corrected chi connectivity index (χ1v) is 10.8. The maximum Gasteiger partial charge on any atom is 0.419 e. The fraction of sp³-hybridized carbons (Fsp3) is 0.545. The van der Waals surface area contributed by atoms with Gasteiger partial charge in [0.1, 0.15) is 12.4 Å². The number of hydrogen-bond acceptors (Lipinski definition) is 6. The number of rotatable bonds is 6. The third kappa shape index (κ3) is 5.35. The van der Waals surface area contributed by atoms with Crippen molar-refractivity contribution in [2.75, 3.05) is 38.6 Å². The molecule has 1 saturated carbocycles. The van der Waals surface area contributed by atoms with Crippen LogP contribution in [0.1, 0.15) is 30.4 Å². The zero-order valence-corrected chi connectivity index (χ0v) is 17.9. The van der Waals surface area contributed by atoms with E-state index in [0.717, 1.165) is 62.4 Å². The highest BCUT2D eigenvalue weighted by molar-refractivity contribution is 6.16. The standard InChI is InChI=1S/C22H26F5N5O/c23-19(24)11-30-18(9-17(28)12-6-16(22(25,26)27)21(29)31-10-12)20-14-7-13(8-15(14)20)32-2-1-4-33-5-3-32/h6,9-10,13-14,19H,1-5,7-8,11,28H2,(H2,29,31)/t13-,14+/m0/s1. The van der Waals surface area contributed by atoms with Gasteiger partial charge in [0.25, 0.3) is 6.43 Å². The van der Waals surface area contributed by atoms with Crippen molar-refractivity contribution in [2.45, 2.75) is 37.9 Å². The van der Waals surface area contributed by atoms with E-state index in [4.69, 9.17) is 16.2 Å². The minimum absolute atomic E-state index is 0.000115. The van der Waals surface area contributed by atoms with E-state index in [1.54, 1.807) is 0 Å². The van der Waals surface area contributed by atoms with Crippen LogP contribution in [0.4, 0.5) is 27.8 Å². The number of fused-ring (bicyclic) bond motifs is 1. The highest BCUT2D eigenvalue weighted by Crippen LogP contribution is 2.54. The molecule has 0 radical (unpaired) electrons. The van der Waals surface area contributed by atoms with Gasteiger partial charge in [0.05, 0.1) is 17.9 Å². The topological polar surface area (TPSA) is 89.8 Å². The first-order valence-electron chi connectivity index (χ1n) is 10.8. The number of aliphatic imine (C=N–C) groups is 1. The molecule has 33 heavy (non-hydrogen) atoms. The Bertz CT molecular complexity index is 980. The van der Waals surface area contributed by atoms with E-state index in [0.29, 0.717) is 18.4 Å². The summed E-state index contributed by atoms with van der Waals surface area (Å²) in [4.78, 5) is 10.0. The minimum Gasteiger partial charge on any atom is -0.398 e. The van der Waals surface area contributed by atoms with Gasteiger partial charge in [-0.1, -0.05) is 5.57 Å². The Balaban J connectivity index is 1.56. The van der Waals surface area contributed by atoms with Crippen molar-refractivity contribution >= 4 is 17.2 Å². The van der Waals surface area contributed by atoms with Gasteiger partial charge in [-0.05, 0) is 37.0 Å². The Labute approximate surface area is 188 Å². The Morgan fingerprint density at radius 2 is 2.09 bits per heavy atom. The van der Waals surface area contributed by atoms with Gasteiger partial charge in [-0.25, -0.2) is 13.8 Å². The molecule has 1 aromatic heterocycles. The first kappa shape index (κ1) is 23.6. The fourth-order valence-electron chi connectivity index (χ4n) is 4.66. The van der Waals surface area contributed by atoms with E-state index in [1.165, 1.54) is 6.08 Å². The van der Waals surface area contributed by atoms with Crippen LogP contribution < -0.4 is 11.5 Å². The number of hydrogen-bond donors (Lipinski definition) is 2. The van der Waals surface area contributed by atoms with Crippen LogP contribution in [0.5, 0.6) is 0 Å². The van der Waals surface area contributed by atoms with Gasteiger partial charge in [-0.2, -0.15) is 13.2 Å². The third-order valence-electron chi connectivity index (χ3n) is 6.29. The molecule has 11 heteroatoms. The number of anilines is 1. The molecule has 0 aromatic carbocycles. The van der Waals surface area contributed by atoms with Crippen LogP contribution in [-0.4, -0.2) is 60.9 Å². The molecule has 6 nitrogen and oxygen atoms in total. The lowest BCUT2D eigenvalue weighted by Crippen LogP contribution is -2.36. The van der Waals surface area contributed by atoms with Crippen LogP contribution in [0.15, 0.2) is 34.5 Å². The van der Waals surface area contributed by atoms with Crippen LogP contribution in [0.2, 0.25) is 0 Å². The summed E-state index contributed by atoms with van der Waals surface area (Å²) in [5.74, 6) is -0.507. The van der Waals surface area contributed by atoms with Gasteiger partial charge >= 0.3 is 6.18 Å². The Morgan fingerprint density at radius 3 is 2.76 bits per heavy atom. The predicted molar refractivity (Wildman–Crippen MR) is 115 cm³/mol. The van der Waals surface area contributed by atoms with Crippen molar-refractivity contribution < 1.29 is 26.7 Å². The summed E-state index contributed by atoms with van der Waals surface area (Å²) in [5, 5.41) is 0. The molecule has 2 aliphatic carbocycles. The highest BCUT2D eigenvalue weighted by atomic mass is 19.4. The van der Waals surface area contributed by atoms with Crippen LogP contribution in [-0.2, 0) is 10.9 Å². The first-order chi connectivity index (χ1) is 15.6. The SMILES string of the molecule is NC(=CC(=NCC(F)F)C1=C2C[C@@H](N3CCCOCC3)C[C@H]21)c1cnc(N)c(C(F)(F)F)c1. The summed E-state index contributed by atoms with van der Waals surface area (Å²) in [6.45, 7) is 2.58. The molecule has 2 heterocycles. The summed E-state index contributed by atoms with van der Waals surface area (Å²) in [7, 11) is 0. The monoisotopic (exact) mass is 471 g/mol. The highest BCUT2D eigenvalue weighted by Gasteiger charge is 2.47. The van der Waals surface area contributed by atoms with Crippen molar-refractivity contribution in [1.82, 2.24) is 9.88 Å². The van der Waals surface area contributed by atoms with Crippen LogP contribution in [0, 0.1) is 5.92 Å². The summed E-state index contributed by atoms with van der Waals surface area (Å²) in [5.41, 5.74) is 12.6. The lowest BCUT2D eigenvalue weighted by atomic mass is 10.0. The predicted octanol–water partition coefficient (Wildman–Crippen LogP) is 3.50. The summed E-state index contributed by atoms with van der Waals surface area (Å²) in [6, 6.07) is 1.19. The zero-order valence-electron chi connectivity index (χ0n) is 17.9. The largest absolute Gasteiger partial charge is 0.419 e. The Morgan fingerprint density at radius 1 is 1.30 bits per heavy atom. The summed E-state index contributed by atoms with van der Waals surface area (Å²) >= 11 is 0. The number of nitrogens with two attached hydrogens (primary N) is 2. The molecule has 4 rings (SSSR count). The van der Waals surface area contributed by atoms with E-state index in [-0.39, 0.29) is 17.2 Å². The van der Waals surface area contributed by atoms with Crippen LogP contribution in [0.25, 0.3) is 5.70 Å².